The number of hydrogen-bond acceptors (Lipinski definition) is 5. The van der Waals surface area contributed by atoms with Gasteiger partial charge in [0.1, 0.15) is 16.7 Å². The zero-order chi connectivity index (χ0) is 35.4. The van der Waals surface area contributed by atoms with Crippen LogP contribution in [0.2, 0.25) is 0 Å². The van der Waals surface area contributed by atoms with Gasteiger partial charge < -0.3 is 4.98 Å². The minimum Gasteiger partial charge on any atom is -0.307 e. The molecule has 3 aromatic heterocycles. The van der Waals surface area contributed by atoms with Crippen LogP contribution in [0.4, 0.5) is 0 Å². The van der Waals surface area contributed by atoms with Gasteiger partial charge >= 0.3 is 5.69 Å². The van der Waals surface area contributed by atoms with Gasteiger partial charge in [-0.3, -0.25) is 9.36 Å². The van der Waals surface area contributed by atoms with E-state index in [1.165, 1.54) is 4.57 Å². The van der Waals surface area contributed by atoms with Crippen LogP contribution >= 0.6 is 0 Å². The zero-order valence-electron chi connectivity index (χ0n) is 28.5. The summed E-state index contributed by atoms with van der Waals surface area (Å²) in [7, 11) is 1.86. The Morgan fingerprint density at radius 3 is 1.83 bits per heavy atom. The summed E-state index contributed by atoms with van der Waals surface area (Å²) in [6.07, 6.45) is 0. The van der Waals surface area contributed by atoms with E-state index >= 15 is 0 Å². The van der Waals surface area contributed by atoms with E-state index in [-0.39, 0.29) is 5.56 Å². The third-order valence-electron chi connectivity index (χ3n) is 10.2. The number of rotatable bonds is 7. The van der Waals surface area contributed by atoms with E-state index in [1.807, 2.05) is 129 Å². The number of aryl methyl sites for hydroxylation is 1. The SMILES string of the molecule is C[C@H](c1ccccc1)n1c(=O)[nH]c2cc3c(cc2c1=O)c(-c1ccc2nnn(C)c2c1)nn3C(c1ccccc1)(c1ccccc1)c1ccccc1. The Bertz CT molecular complexity index is 2760. The summed E-state index contributed by atoms with van der Waals surface area (Å²) in [4.78, 5) is 31.2. The second-order valence-corrected chi connectivity index (χ2v) is 13.1. The molecule has 0 aliphatic carbocycles. The summed E-state index contributed by atoms with van der Waals surface area (Å²) in [6.45, 7) is 1.87. The number of fused-ring (bicyclic) bond motifs is 3. The molecule has 0 unspecified atom stereocenters. The molecule has 9 heteroatoms. The average Bonchev–Trinajstić information content (AvgIpc) is 3.75. The summed E-state index contributed by atoms with van der Waals surface area (Å²) in [5, 5.41) is 15.2. The molecule has 0 spiro atoms. The fraction of sp³-hybridized carbons (Fsp3) is 0.0930. The summed E-state index contributed by atoms with van der Waals surface area (Å²) in [6, 6.07) is 49.8. The van der Waals surface area contributed by atoms with Gasteiger partial charge in [-0.15, -0.1) is 5.10 Å². The lowest BCUT2D eigenvalue weighted by molar-refractivity contribution is 0.477. The maximum Gasteiger partial charge on any atom is 0.329 e. The van der Waals surface area contributed by atoms with Gasteiger partial charge in [-0.25, -0.2) is 14.2 Å². The molecule has 6 aromatic carbocycles. The van der Waals surface area contributed by atoms with Gasteiger partial charge in [0, 0.05) is 18.0 Å². The van der Waals surface area contributed by atoms with Gasteiger partial charge in [0.15, 0.2) is 0 Å². The largest absolute Gasteiger partial charge is 0.329 e. The maximum atomic E-state index is 14.4. The lowest BCUT2D eigenvalue weighted by Crippen LogP contribution is -2.39. The van der Waals surface area contributed by atoms with Crippen LogP contribution in [0.15, 0.2) is 161 Å². The highest BCUT2D eigenvalue weighted by atomic mass is 16.2. The number of H-pyrrole nitrogens is 1. The lowest BCUT2D eigenvalue weighted by atomic mass is 9.77. The van der Waals surface area contributed by atoms with Gasteiger partial charge in [-0.2, -0.15) is 5.10 Å². The molecule has 1 atom stereocenters. The first kappa shape index (κ1) is 31.1. The predicted molar refractivity (Wildman–Crippen MR) is 204 cm³/mol. The summed E-state index contributed by atoms with van der Waals surface area (Å²) in [5.74, 6) is 0. The first-order valence-corrected chi connectivity index (χ1v) is 17.2. The highest BCUT2D eigenvalue weighted by Gasteiger charge is 2.41. The van der Waals surface area contributed by atoms with Crippen LogP contribution in [-0.2, 0) is 12.6 Å². The van der Waals surface area contributed by atoms with Crippen molar-refractivity contribution < 1.29 is 0 Å². The Morgan fingerprint density at radius 1 is 0.654 bits per heavy atom. The molecule has 0 fully saturated rings. The van der Waals surface area contributed by atoms with E-state index in [4.69, 9.17) is 5.10 Å². The molecular formula is C43H33N7O2. The van der Waals surface area contributed by atoms with Gasteiger partial charge in [-0.05, 0) is 53.4 Å². The van der Waals surface area contributed by atoms with Crippen molar-refractivity contribution in [1.82, 2.24) is 34.3 Å². The Hall–Kier alpha value is -6.87. The monoisotopic (exact) mass is 679 g/mol. The molecule has 0 aliphatic rings. The zero-order valence-corrected chi connectivity index (χ0v) is 28.5. The minimum absolute atomic E-state index is 0.373. The Balaban J connectivity index is 1.43. The fourth-order valence-corrected chi connectivity index (χ4v) is 7.62. The molecule has 0 bridgehead atoms. The van der Waals surface area contributed by atoms with E-state index in [9.17, 15) is 9.59 Å². The highest BCUT2D eigenvalue weighted by molar-refractivity contribution is 6.02. The van der Waals surface area contributed by atoms with Crippen LogP contribution in [0, 0.1) is 0 Å². The second-order valence-electron chi connectivity index (χ2n) is 13.1. The first-order chi connectivity index (χ1) is 25.4. The molecule has 52 heavy (non-hydrogen) atoms. The van der Waals surface area contributed by atoms with Crippen LogP contribution in [0.1, 0.15) is 35.2 Å². The average molecular weight is 680 g/mol. The van der Waals surface area contributed by atoms with Crippen molar-refractivity contribution in [3.63, 3.8) is 0 Å². The number of nitrogens with one attached hydrogen (secondary N) is 1. The summed E-state index contributed by atoms with van der Waals surface area (Å²) < 4.78 is 5.09. The van der Waals surface area contributed by atoms with Crippen LogP contribution < -0.4 is 11.2 Å². The fourth-order valence-electron chi connectivity index (χ4n) is 7.62. The van der Waals surface area contributed by atoms with Crippen molar-refractivity contribution in [1.29, 1.82) is 0 Å². The van der Waals surface area contributed by atoms with Gasteiger partial charge in [0.25, 0.3) is 5.56 Å². The van der Waals surface area contributed by atoms with Gasteiger partial charge in [0.2, 0.25) is 0 Å². The van der Waals surface area contributed by atoms with Crippen LogP contribution in [-0.4, -0.2) is 34.3 Å². The number of nitrogens with zero attached hydrogens (tertiary/aromatic N) is 6. The quantitative estimate of drug-likeness (QED) is 0.177. The number of hydrogen-bond donors (Lipinski definition) is 1. The van der Waals surface area contributed by atoms with Crippen molar-refractivity contribution in [2.75, 3.05) is 0 Å². The number of aromatic amines is 1. The van der Waals surface area contributed by atoms with E-state index < -0.39 is 17.3 Å². The molecule has 1 N–H and O–H groups in total. The molecule has 3 heterocycles. The third-order valence-corrected chi connectivity index (χ3v) is 10.2. The lowest BCUT2D eigenvalue weighted by Gasteiger charge is -2.37. The smallest absolute Gasteiger partial charge is 0.307 e. The third kappa shape index (κ3) is 4.74. The van der Waals surface area contributed by atoms with Crippen LogP contribution in [0.5, 0.6) is 0 Å². The molecule has 0 radical (unpaired) electrons. The van der Waals surface area contributed by atoms with Crippen molar-refractivity contribution >= 4 is 32.8 Å². The molecule has 9 nitrogen and oxygen atoms in total. The van der Waals surface area contributed by atoms with E-state index in [1.54, 1.807) is 4.68 Å². The second kappa shape index (κ2) is 12.2. The van der Waals surface area contributed by atoms with Crippen molar-refractivity contribution in [2.45, 2.75) is 18.5 Å². The van der Waals surface area contributed by atoms with Crippen LogP contribution in [0.3, 0.4) is 0 Å². The molecule has 9 rings (SSSR count). The molecule has 252 valence electrons. The van der Waals surface area contributed by atoms with Gasteiger partial charge in [0.05, 0.1) is 28.0 Å². The van der Waals surface area contributed by atoms with E-state index in [0.29, 0.717) is 16.6 Å². The molecular weight excluding hydrogens is 647 g/mol. The van der Waals surface area contributed by atoms with Crippen molar-refractivity contribution in [2.24, 2.45) is 7.05 Å². The molecule has 0 amide bonds. The van der Waals surface area contributed by atoms with E-state index in [2.05, 4.69) is 56.4 Å². The standard InChI is InChI=1S/C43H33N7O2/c1-28(29-15-7-3-8-16-29)49-41(51)34-26-35-38(27-37(34)44-42(49)52)50(46-40(35)30-23-24-36-39(25-30)48(2)47-45-36)43(31-17-9-4-10-18-31,32-19-11-5-12-20-32)33-21-13-6-14-22-33/h3-28H,1-2H3,(H,44,52)/t28-/m1/s1. The molecule has 0 aliphatic heterocycles. The molecule has 0 saturated carbocycles. The van der Waals surface area contributed by atoms with Crippen molar-refractivity contribution in [3.8, 4) is 11.3 Å². The normalized spacial score (nSPS) is 12.5. The van der Waals surface area contributed by atoms with Crippen molar-refractivity contribution in [3.05, 3.63) is 195 Å². The summed E-state index contributed by atoms with van der Waals surface area (Å²) >= 11 is 0. The topological polar surface area (TPSA) is 103 Å². The Morgan fingerprint density at radius 2 is 1.23 bits per heavy atom. The molecule has 0 saturated heterocycles. The van der Waals surface area contributed by atoms with Crippen LogP contribution in [0.25, 0.3) is 44.1 Å². The number of benzene rings is 6. The molecule has 9 aromatic rings. The minimum atomic E-state index is -0.955. The first-order valence-electron chi connectivity index (χ1n) is 17.2. The van der Waals surface area contributed by atoms with E-state index in [0.717, 1.165) is 49.8 Å². The number of aromatic nitrogens is 7. The Labute approximate surface area is 298 Å². The maximum absolute atomic E-state index is 14.4. The summed E-state index contributed by atoms with van der Waals surface area (Å²) in [5.41, 5.74) is 6.36. The predicted octanol–water partition coefficient (Wildman–Crippen LogP) is 7.44. The van der Waals surface area contributed by atoms with Gasteiger partial charge in [-0.1, -0.05) is 133 Å². The Kier molecular flexibility index (Phi) is 7.29. The highest BCUT2D eigenvalue weighted by Crippen LogP contribution is 2.44.